The molecular formula is C22H24N2OS. The molecule has 1 aromatic heterocycles. The monoisotopic (exact) mass is 364 g/mol. The summed E-state index contributed by atoms with van der Waals surface area (Å²) in [7, 11) is 0. The number of rotatable bonds is 7. The Kier molecular flexibility index (Phi) is 6.21. The summed E-state index contributed by atoms with van der Waals surface area (Å²) in [4.78, 5) is 13.5. The molecule has 2 N–H and O–H groups in total. The maximum absolute atomic E-state index is 12.3. The second-order valence-corrected chi connectivity index (χ2v) is 7.54. The molecule has 2 aromatic carbocycles. The lowest BCUT2D eigenvalue weighted by atomic mass is 9.98. The van der Waals surface area contributed by atoms with Crippen LogP contribution < -0.4 is 10.6 Å². The number of amides is 1. The first-order valence-electron chi connectivity index (χ1n) is 8.85. The highest BCUT2D eigenvalue weighted by atomic mass is 32.1. The van der Waals surface area contributed by atoms with Gasteiger partial charge in [0.2, 0.25) is 5.91 Å². The van der Waals surface area contributed by atoms with Gasteiger partial charge in [-0.2, -0.15) is 0 Å². The zero-order chi connectivity index (χ0) is 18.4. The molecule has 3 rings (SSSR count). The molecule has 0 saturated heterocycles. The van der Waals surface area contributed by atoms with Gasteiger partial charge in [0.1, 0.15) is 0 Å². The largest absolute Gasteiger partial charge is 0.325 e. The van der Waals surface area contributed by atoms with Crippen molar-refractivity contribution in [3.8, 4) is 0 Å². The number of anilines is 1. The van der Waals surface area contributed by atoms with Crippen LogP contribution in [-0.2, 0) is 4.79 Å². The lowest BCUT2D eigenvalue weighted by Crippen LogP contribution is -2.31. The Morgan fingerprint density at radius 2 is 1.62 bits per heavy atom. The topological polar surface area (TPSA) is 41.1 Å². The predicted octanol–water partition coefficient (Wildman–Crippen LogP) is 5.19. The van der Waals surface area contributed by atoms with E-state index in [0.29, 0.717) is 5.92 Å². The summed E-state index contributed by atoms with van der Waals surface area (Å²) in [5, 5.41) is 8.39. The van der Waals surface area contributed by atoms with Crippen molar-refractivity contribution in [1.29, 1.82) is 0 Å². The van der Waals surface area contributed by atoms with Crippen molar-refractivity contribution in [2.24, 2.45) is 0 Å². The molecule has 4 heteroatoms. The van der Waals surface area contributed by atoms with Crippen LogP contribution >= 0.6 is 11.3 Å². The SMILES string of the molecule is CC(C)c1ccc(C(NCC(=O)Nc2ccccc2)c2cccs2)cc1. The summed E-state index contributed by atoms with van der Waals surface area (Å²) in [5.74, 6) is 0.463. The number of thiophene rings is 1. The minimum atomic E-state index is -0.0449. The summed E-state index contributed by atoms with van der Waals surface area (Å²) in [6.07, 6.45) is 0. The first-order chi connectivity index (χ1) is 12.6. The van der Waals surface area contributed by atoms with E-state index < -0.39 is 0 Å². The Morgan fingerprint density at radius 3 is 2.23 bits per heavy atom. The fourth-order valence-corrected chi connectivity index (χ4v) is 3.66. The Bertz CT molecular complexity index is 811. The Morgan fingerprint density at radius 1 is 0.923 bits per heavy atom. The van der Waals surface area contributed by atoms with Crippen LogP contribution in [0.15, 0.2) is 72.1 Å². The van der Waals surface area contributed by atoms with Crippen LogP contribution in [0.5, 0.6) is 0 Å². The van der Waals surface area contributed by atoms with E-state index in [1.807, 2.05) is 36.4 Å². The molecule has 3 nitrogen and oxygen atoms in total. The second kappa shape index (κ2) is 8.79. The van der Waals surface area contributed by atoms with Gasteiger partial charge in [-0.05, 0) is 40.6 Å². The van der Waals surface area contributed by atoms with Gasteiger partial charge in [-0.25, -0.2) is 0 Å². The van der Waals surface area contributed by atoms with Crippen LogP contribution in [0.4, 0.5) is 5.69 Å². The van der Waals surface area contributed by atoms with Crippen molar-refractivity contribution in [3.63, 3.8) is 0 Å². The molecule has 0 radical (unpaired) electrons. The lowest BCUT2D eigenvalue weighted by Gasteiger charge is -2.19. The minimum Gasteiger partial charge on any atom is -0.325 e. The van der Waals surface area contributed by atoms with Crippen molar-refractivity contribution in [2.75, 3.05) is 11.9 Å². The Balaban J connectivity index is 1.70. The standard InChI is InChI=1S/C22H24N2OS/c1-16(2)17-10-12-18(13-11-17)22(20-9-6-14-26-20)23-15-21(25)24-19-7-4-3-5-8-19/h3-14,16,22-23H,15H2,1-2H3,(H,24,25). The van der Waals surface area contributed by atoms with E-state index in [1.165, 1.54) is 16.0 Å². The molecule has 3 aromatic rings. The molecule has 1 amide bonds. The fourth-order valence-electron chi connectivity index (χ4n) is 2.83. The van der Waals surface area contributed by atoms with Crippen molar-refractivity contribution in [1.82, 2.24) is 5.32 Å². The van der Waals surface area contributed by atoms with E-state index in [4.69, 9.17) is 0 Å². The maximum atomic E-state index is 12.3. The van der Waals surface area contributed by atoms with E-state index in [1.54, 1.807) is 11.3 Å². The number of para-hydroxylation sites is 1. The first kappa shape index (κ1) is 18.4. The zero-order valence-corrected chi connectivity index (χ0v) is 15.9. The van der Waals surface area contributed by atoms with E-state index in [2.05, 4.69) is 60.2 Å². The third-order valence-corrected chi connectivity index (χ3v) is 5.23. The van der Waals surface area contributed by atoms with Gasteiger partial charge in [0.15, 0.2) is 0 Å². The minimum absolute atomic E-state index is 0.0118. The van der Waals surface area contributed by atoms with E-state index in [9.17, 15) is 4.79 Å². The number of benzene rings is 2. The van der Waals surface area contributed by atoms with Gasteiger partial charge in [-0.15, -0.1) is 11.3 Å². The van der Waals surface area contributed by atoms with Crippen LogP contribution in [0.2, 0.25) is 0 Å². The molecule has 0 aliphatic rings. The molecular weight excluding hydrogens is 340 g/mol. The van der Waals surface area contributed by atoms with Crippen molar-refractivity contribution in [3.05, 3.63) is 88.1 Å². The van der Waals surface area contributed by atoms with Crippen LogP contribution in [0, 0.1) is 0 Å². The average molecular weight is 365 g/mol. The van der Waals surface area contributed by atoms with Crippen molar-refractivity contribution >= 4 is 22.9 Å². The van der Waals surface area contributed by atoms with Gasteiger partial charge in [-0.1, -0.05) is 62.4 Å². The summed E-state index contributed by atoms with van der Waals surface area (Å²) >= 11 is 1.70. The van der Waals surface area contributed by atoms with Crippen LogP contribution in [0.3, 0.4) is 0 Å². The van der Waals surface area contributed by atoms with Gasteiger partial charge in [0.25, 0.3) is 0 Å². The second-order valence-electron chi connectivity index (χ2n) is 6.56. The van der Waals surface area contributed by atoms with Crippen molar-refractivity contribution in [2.45, 2.75) is 25.8 Å². The highest BCUT2D eigenvalue weighted by Crippen LogP contribution is 2.27. The van der Waals surface area contributed by atoms with Gasteiger partial charge in [0, 0.05) is 10.6 Å². The summed E-state index contributed by atoms with van der Waals surface area (Å²) in [6, 6.07) is 22.3. The highest BCUT2D eigenvalue weighted by Gasteiger charge is 2.16. The van der Waals surface area contributed by atoms with E-state index in [-0.39, 0.29) is 18.5 Å². The van der Waals surface area contributed by atoms with Crippen LogP contribution in [-0.4, -0.2) is 12.5 Å². The third kappa shape index (κ3) is 4.81. The maximum Gasteiger partial charge on any atom is 0.238 e. The molecule has 1 atom stereocenters. The molecule has 0 aliphatic carbocycles. The Labute approximate surface area is 159 Å². The number of carbonyl (C=O) groups excluding carboxylic acids is 1. The zero-order valence-electron chi connectivity index (χ0n) is 15.1. The molecule has 134 valence electrons. The lowest BCUT2D eigenvalue weighted by molar-refractivity contribution is -0.115. The number of hydrogen-bond donors (Lipinski definition) is 2. The quantitative estimate of drug-likeness (QED) is 0.606. The third-order valence-electron chi connectivity index (χ3n) is 4.29. The van der Waals surface area contributed by atoms with E-state index in [0.717, 1.165) is 5.69 Å². The van der Waals surface area contributed by atoms with Gasteiger partial charge < -0.3 is 5.32 Å². The van der Waals surface area contributed by atoms with Crippen LogP contribution in [0.25, 0.3) is 0 Å². The molecule has 26 heavy (non-hydrogen) atoms. The average Bonchev–Trinajstić information content (AvgIpc) is 3.17. The van der Waals surface area contributed by atoms with E-state index >= 15 is 0 Å². The molecule has 0 aliphatic heterocycles. The molecule has 0 spiro atoms. The molecule has 1 unspecified atom stereocenters. The van der Waals surface area contributed by atoms with Gasteiger partial charge in [-0.3, -0.25) is 10.1 Å². The summed E-state index contributed by atoms with van der Waals surface area (Å²) < 4.78 is 0. The first-order valence-corrected chi connectivity index (χ1v) is 9.73. The number of nitrogens with one attached hydrogen (secondary N) is 2. The highest BCUT2D eigenvalue weighted by molar-refractivity contribution is 7.10. The summed E-state index contributed by atoms with van der Waals surface area (Å²) in [5.41, 5.74) is 3.30. The number of hydrogen-bond acceptors (Lipinski definition) is 3. The fraction of sp³-hybridized carbons (Fsp3) is 0.227. The normalized spacial score (nSPS) is 12.1. The van der Waals surface area contributed by atoms with Gasteiger partial charge >= 0.3 is 0 Å². The number of carbonyl (C=O) groups is 1. The van der Waals surface area contributed by atoms with Crippen molar-refractivity contribution < 1.29 is 4.79 Å². The molecule has 0 fully saturated rings. The van der Waals surface area contributed by atoms with Crippen LogP contribution in [0.1, 0.15) is 41.8 Å². The Hall–Kier alpha value is -2.43. The molecule has 0 saturated carbocycles. The molecule has 0 bridgehead atoms. The molecule has 1 heterocycles. The van der Waals surface area contributed by atoms with Gasteiger partial charge in [0.05, 0.1) is 12.6 Å². The smallest absolute Gasteiger partial charge is 0.238 e. The predicted molar refractivity (Wildman–Crippen MR) is 110 cm³/mol. The summed E-state index contributed by atoms with van der Waals surface area (Å²) in [6.45, 7) is 4.64.